The summed E-state index contributed by atoms with van der Waals surface area (Å²) in [6.07, 6.45) is 1.55. The van der Waals surface area contributed by atoms with Gasteiger partial charge in [-0.2, -0.15) is 0 Å². The molecule has 1 aromatic carbocycles. The highest BCUT2D eigenvalue weighted by molar-refractivity contribution is 5.80. The van der Waals surface area contributed by atoms with Crippen molar-refractivity contribution in [2.75, 3.05) is 74.3 Å². The number of nitrogens with zero attached hydrogens (tertiary/aromatic N) is 3. The normalized spacial score (nSPS) is 19.4. The van der Waals surface area contributed by atoms with Crippen LogP contribution in [0.4, 0.5) is 0 Å². The monoisotopic (exact) mass is 448 g/mol. The van der Waals surface area contributed by atoms with E-state index in [9.17, 15) is 4.79 Å². The lowest BCUT2D eigenvalue weighted by Crippen LogP contribution is -2.49. The molecule has 0 spiro atoms. The number of hydrogen-bond donors (Lipinski definition) is 1. The number of hydrogen-bond acceptors (Lipinski definition) is 7. The van der Waals surface area contributed by atoms with E-state index < -0.39 is 0 Å². The Bertz CT molecular complexity index is 774. The number of nitrogens with one attached hydrogen (secondary N) is 1. The molecule has 0 bridgehead atoms. The number of esters is 1. The molecule has 3 rings (SSSR count). The SMILES string of the molecule is CN=C(NCC(c1ccc(OC)c(OC)c1)N1CCOCC1)N1CCC(C(=O)OC)CC1. The van der Waals surface area contributed by atoms with E-state index in [1.165, 1.54) is 7.11 Å². The zero-order valence-corrected chi connectivity index (χ0v) is 19.6. The van der Waals surface area contributed by atoms with Gasteiger partial charge < -0.3 is 29.2 Å². The Balaban J connectivity index is 1.70. The van der Waals surface area contributed by atoms with E-state index in [0.29, 0.717) is 12.3 Å². The van der Waals surface area contributed by atoms with Crippen molar-refractivity contribution >= 4 is 11.9 Å². The minimum absolute atomic E-state index is 0.0257. The van der Waals surface area contributed by atoms with Crippen LogP contribution in [0.5, 0.6) is 11.5 Å². The summed E-state index contributed by atoms with van der Waals surface area (Å²) >= 11 is 0. The van der Waals surface area contributed by atoms with Gasteiger partial charge in [0.2, 0.25) is 0 Å². The van der Waals surface area contributed by atoms with Gasteiger partial charge in [-0.05, 0) is 30.5 Å². The third-order valence-electron chi connectivity index (χ3n) is 6.27. The van der Waals surface area contributed by atoms with Crippen LogP contribution in [-0.2, 0) is 14.3 Å². The lowest BCUT2D eigenvalue weighted by Gasteiger charge is -2.37. The van der Waals surface area contributed by atoms with Gasteiger partial charge >= 0.3 is 5.97 Å². The zero-order chi connectivity index (χ0) is 22.9. The standard InChI is InChI=1S/C23H36N4O5/c1-24-23(27-9-7-17(8-10-27)22(28)31-4)25-16-19(26-11-13-32-14-12-26)18-5-6-20(29-2)21(15-18)30-3/h5-6,15,17,19H,7-14,16H2,1-4H3,(H,24,25). The largest absolute Gasteiger partial charge is 0.493 e. The van der Waals surface area contributed by atoms with Crippen molar-refractivity contribution in [2.45, 2.75) is 18.9 Å². The second-order valence-electron chi connectivity index (χ2n) is 7.99. The predicted molar refractivity (Wildman–Crippen MR) is 122 cm³/mol. The second-order valence-corrected chi connectivity index (χ2v) is 7.99. The molecule has 0 saturated carbocycles. The van der Waals surface area contributed by atoms with Crippen LogP contribution in [0.25, 0.3) is 0 Å². The Morgan fingerprint density at radius 2 is 1.81 bits per heavy atom. The van der Waals surface area contributed by atoms with Crippen molar-refractivity contribution in [1.82, 2.24) is 15.1 Å². The molecule has 0 aromatic heterocycles. The van der Waals surface area contributed by atoms with Crippen molar-refractivity contribution in [3.8, 4) is 11.5 Å². The molecule has 1 N–H and O–H groups in total. The van der Waals surface area contributed by atoms with Crippen LogP contribution in [0.15, 0.2) is 23.2 Å². The minimum atomic E-state index is -0.117. The van der Waals surface area contributed by atoms with Crippen molar-refractivity contribution < 1.29 is 23.7 Å². The molecule has 9 nitrogen and oxygen atoms in total. The van der Waals surface area contributed by atoms with E-state index in [-0.39, 0.29) is 17.9 Å². The molecule has 0 amide bonds. The molecule has 9 heteroatoms. The molecule has 1 aromatic rings. The van der Waals surface area contributed by atoms with E-state index in [4.69, 9.17) is 18.9 Å². The molecule has 0 aliphatic carbocycles. The van der Waals surface area contributed by atoms with Crippen LogP contribution in [-0.4, -0.2) is 96.0 Å². The molecule has 2 aliphatic rings. The Hall–Kier alpha value is -2.52. The first-order valence-electron chi connectivity index (χ1n) is 11.2. The van der Waals surface area contributed by atoms with E-state index in [1.807, 2.05) is 12.1 Å². The lowest BCUT2D eigenvalue weighted by atomic mass is 9.97. The fourth-order valence-corrected chi connectivity index (χ4v) is 4.42. The first-order chi connectivity index (χ1) is 15.6. The molecular formula is C23H36N4O5. The van der Waals surface area contributed by atoms with E-state index >= 15 is 0 Å². The number of carbonyl (C=O) groups is 1. The third-order valence-corrected chi connectivity index (χ3v) is 6.27. The maximum Gasteiger partial charge on any atom is 0.308 e. The number of likely N-dealkylation sites (tertiary alicyclic amines) is 1. The summed E-state index contributed by atoms with van der Waals surface area (Å²) in [5.41, 5.74) is 1.15. The predicted octanol–water partition coefficient (Wildman–Crippen LogP) is 1.54. The van der Waals surface area contributed by atoms with Crippen LogP contribution < -0.4 is 14.8 Å². The highest BCUT2D eigenvalue weighted by atomic mass is 16.5. The molecule has 2 saturated heterocycles. The minimum Gasteiger partial charge on any atom is -0.493 e. The molecule has 178 valence electrons. The third kappa shape index (κ3) is 5.83. The van der Waals surface area contributed by atoms with E-state index in [1.54, 1.807) is 21.3 Å². The Labute approximate surface area is 190 Å². The maximum absolute atomic E-state index is 11.8. The van der Waals surface area contributed by atoms with Gasteiger partial charge in [0, 0.05) is 39.8 Å². The Morgan fingerprint density at radius 3 is 2.41 bits per heavy atom. The average molecular weight is 449 g/mol. The number of guanidine groups is 1. The summed E-state index contributed by atoms with van der Waals surface area (Å²) in [6.45, 7) is 5.42. The van der Waals surface area contributed by atoms with Crippen molar-refractivity contribution in [3.63, 3.8) is 0 Å². The van der Waals surface area contributed by atoms with Gasteiger partial charge in [0.05, 0.1) is 46.5 Å². The first kappa shape index (κ1) is 24.1. The van der Waals surface area contributed by atoms with Crippen molar-refractivity contribution in [2.24, 2.45) is 10.9 Å². The summed E-state index contributed by atoms with van der Waals surface area (Å²) in [4.78, 5) is 21.0. The van der Waals surface area contributed by atoms with Crippen LogP contribution in [0.3, 0.4) is 0 Å². The number of piperidine rings is 1. The quantitative estimate of drug-likeness (QED) is 0.382. The van der Waals surface area contributed by atoms with Crippen molar-refractivity contribution in [1.29, 1.82) is 0 Å². The average Bonchev–Trinajstić information content (AvgIpc) is 2.86. The summed E-state index contributed by atoms with van der Waals surface area (Å²) < 4.78 is 21.4. The summed E-state index contributed by atoms with van der Waals surface area (Å²) in [7, 11) is 6.55. The zero-order valence-electron chi connectivity index (χ0n) is 19.6. The van der Waals surface area contributed by atoms with Crippen LogP contribution in [0.1, 0.15) is 24.4 Å². The van der Waals surface area contributed by atoms with Crippen LogP contribution >= 0.6 is 0 Å². The number of methoxy groups -OCH3 is 3. The summed E-state index contributed by atoms with van der Waals surface area (Å²) in [5, 5.41) is 3.56. The van der Waals surface area contributed by atoms with E-state index in [2.05, 4.69) is 26.2 Å². The molecule has 1 atom stereocenters. The lowest BCUT2D eigenvalue weighted by molar-refractivity contribution is -0.146. The van der Waals surface area contributed by atoms with E-state index in [0.717, 1.165) is 69.5 Å². The summed E-state index contributed by atoms with van der Waals surface area (Å²) in [5.74, 6) is 2.15. The number of carbonyl (C=O) groups excluding carboxylic acids is 1. The maximum atomic E-state index is 11.8. The van der Waals surface area contributed by atoms with Crippen molar-refractivity contribution in [3.05, 3.63) is 23.8 Å². The Kier molecular flexibility index (Phi) is 8.99. The van der Waals surface area contributed by atoms with Gasteiger partial charge in [-0.25, -0.2) is 0 Å². The van der Waals surface area contributed by atoms with Gasteiger partial charge in [-0.1, -0.05) is 6.07 Å². The van der Waals surface area contributed by atoms with Gasteiger partial charge in [0.1, 0.15) is 0 Å². The van der Waals surface area contributed by atoms with Gasteiger partial charge in [-0.3, -0.25) is 14.7 Å². The van der Waals surface area contributed by atoms with Crippen LogP contribution in [0.2, 0.25) is 0 Å². The Morgan fingerprint density at radius 1 is 1.12 bits per heavy atom. The van der Waals surface area contributed by atoms with Gasteiger partial charge in [-0.15, -0.1) is 0 Å². The molecule has 2 aliphatic heterocycles. The highest BCUT2D eigenvalue weighted by Crippen LogP contribution is 2.32. The fourth-order valence-electron chi connectivity index (χ4n) is 4.42. The smallest absolute Gasteiger partial charge is 0.308 e. The molecule has 0 radical (unpaired) electrons. The topological polar surface area (TPSA) is 84.9 Å². The number of morpholine rings is 1. The number of aliphatic imine (C=N–C) groups is 1. The number of ether oxygens (including phenoxy) is 4. The fraction of sp³-hybridized carbons (Fsp3) is 0.652. The second kappa shape index (κ2) is 11.9. The van der Waals surface area contributed by atoms with Gasteiger partial charge in [0.25, 0.3) is 0 Å². The highest BCUT2D eigenvalue weighted by Gasteiger charge is 2.28. The molecular weight excluding hydrogens is 412 g/mol. The molecule has 32 heavy (non-hydrogen) atoms. The first-order valence-corrected chi connectivity index (χ1v) is 11.2. The molecule has 2 fully saturated rings. The van der Waals surface area contributed by atoms with Crippen LogP contribution in [0, 0.1) is 5.92 Å². The van der Waals surface area contributed by atoms with Gasteiger partial charge in [0.15, 0.2) is 17.5 Å². The molecule has 1 unspecified atom stereocenters. The summed E-state index contributed by atoms with van der Waals surface area (Å²) in [6, 6.07) is 6.22. The number of benzene rings is 1. The molecule has 2 heterocycles. The number of rotatable bonds is 7.